The zero-order valence-corrected chi connectivity index (χ0v) is 19.3. The molecule has 2 N–H and O–H groups in total. The molecular weight excluding hydrogens is 492 g/mol. The van der Waals surface area contributed by atoms with E-state index in [1.807, 2.05) is 59.5 Å². The van der Waals surface area contributed by atoms with Crippen molar-refractivity contribution in [3.05, 3.63) is 83.9 Å². The normalized spacial score (nSPS) is 14.7. The second-order valence-electron chi connectivity index (χ2n) is 7.49. The number of nitrogens with zero attached hydrogens (tertiary/aromatic N) is 3. The zero-order valence-electron chi connectivity index (χ0n) is 17.0. The maximum Gasteiger partial charge on any atom is 0.191 e. The van der Waals surface area contributed by atoms with Crippen LogP contribution in [0.15, 0.2) is 72.0 Å². The Morgan fingerprint density at radius 2 is 1.83 bits per heavy atom. The summed E-state index contributed by atoms with van der Waals surface area (Å²) in [5.41, 5.74) is 2.89. The summed E-state index contributed by atoms with van der Waals surface area (Å²) in [6.07, 6.45) is 6.77. The van der Waals surface area contributed by atoms with Gasteiger partial charge in [-0.05, 0) is 48.6 Å². The summed E-state index contributed by atoms with van der Waals surface area (Å²) < 4.78 is 16.0. The van der Waals surface area contributed by atoms with Crippen molar-refractivity contribution in [3.8, 4) is 5.69 Å². The van der Waals surface area contributed by atoms with Gasteiger partial charge in [0, 0.05) is 31.7 Å². The first-order valence-corrected chi connectivity index (χ1v) is 9.99. The molecule has 3 aromatic rings. The van der Waals surface area contributed by atoms with Crippen molar-refractivity contribution in [3.63, 3.8) is 0 Å². The summed E-state index contributed by atoms with van der Waals surface area (Å²) in [4.78, 5) is 4.30. The molecule has 0 amide bonds. The van der Waals surface area contributed by atoms with E-state index in [-0.39, 0.29) is 35.2 Å². The van der Waals surface area contributed by atoms with Crippen molar-refractivity contribution in [2.75, 3.05) is 20.1 Å². The largest absolute Gasteiger partial charge is 0.356 e. The number of benzene rings is 2. The van der Waals surface area contributed by atoms with Crippen molar-refractivity contribution in [2.24, 2.45) is 4.99 Å². The van der Waals surface area contributed by atoms with Crippen molar-refractivity contribution in [1.82, 2.24) is 20.4 Å². The second kappa shape index (κ2) is 10.1. The van der Waals surface area contributed by atoms with E-state index in [0.29, 0.717) is 6.54 Å². The minimum atomic E-state index is -0.120. The standard InChI is InChI=1S/C23H26FN5.HI/c1-25-22(27-17-23(12-13-23)20-9-5-6-10-21(20)24)26-14-11-18-15-28-29(16-18)19-7-3-2-4-8-19;/h2-10,15-16H,11-14,17H2,1H3,(H2,25,26,27);1H. The van der Waals surface area contributed by atoms with E-state index in [4.69, 9.17) is 0 Å². The van der Waals surface area contributed by atoms with Gasteiger partial charge in [0.1, 0.15) is 5.82 Å². The molecule has 7 heteroatoms. The van der Waals surface area contributed by atoms with Crippen LogP contribution in [0.5, 0.6) is 0 Å². The van der Waals surface area contributed by atoms with Crippen LogP contribution in [0.4, 0.5) is 4.39 Å². The topological polar surface area (TPSA) is 54.2 Å². The van der Waals surface area contributed by atoms with Crippen LogP contribution in [-0.4, -0.2) is 35.9 Å². The molecular formula is C23H27FIN5. The summed E-state index contributed by atoms with van der Waals surface area (Å²) >= 11 is 0. The Morgan fingerprint density at radius 1 is 1.10 bits per heavy atom. The summed E-state index contributed by atoms with van der Waals surface area (Å²) in [6, 6.07) is 17.1. The molecule has 0 atom stereocenters. The Labute approximate surface area is 193 Å². The number of aromatic nitrogens is 2. The Hall–Kier alpha value is -2.42. The first-order valence-electron chi connectivity index (χ1n) is 9.99. The van der Waals surface area contributed by atoms with Gasteiger partial charge in [-0.2, -0.15) is 5.10 Å². The van der Waals surface area contributed by atoms with E-state index in [2.05, 4.69) is 20.7 Å². The molecule has 1 saturated carbocycles. The van der Waals surface area contributed by atoms with E-state index in [1.54, 1.807) is 13.1 Å². The molecule has 1 heterocycles. The average Bonchev–Trinajstić information content (AvgIpc) is 3.39. The van der Waals surface area contributed by atoms with E-state index in [0.717, 1.165) is 48.6 Å². The highest BCUT2D eigenvalue weighted by molar-refractivity contribution is 14.0. The fourth-order valence-corrected chi connectivity index (χ4v) is 3.59. The quantitative estimate of drug-likeness (QED) is 0.281. The lowest BCUT2D eigenvalue weighted by Crippen LogP contribution is -2.42. The van der Waals surface area contributed by atoms with Crippen LogP contribution in [0.25, 0.3) is 5.69 Å². The molecule has 4 rings (SSSR count). The van der Waals surface area contributed by atoms with Gasteiger partial charge in [-0.15, -0.1) is 24.0 Å². The van der Waals surface area contributed by atoms with Gasteiger partial charge in [-0.1, -0.05) is 36.4 Å². The second-order valence-corrected chi connectivity index (χ2v) is 7.49. The van der Waals surface area contributed by atoms with Crippen LogP contribution in [0.3, 0.4) is 0 Å². The molecule has 0 bridgehead atoms. The number of halogens is 2. The molecule has 0 unspecified atom stereocenters. The number of nitrogens with one attached hydrogen (secondary N) is 2. The van der Waals surface area contributed by atoms with Gasteiger partial charge in [0.25, 0.3) is 0 Å². The van der Waals surface area contributed by atoms with Gasteiger partial charge >= 0.3 is 0 Å². The monoisotopic (exact) mass is 519 g/mol. The van der Waals surface area contributed by atoms with Crippen LogP contribution in [0, 0.1) is 5.82 Å². The van der Waals surface area contributed by atoms with Crippen LogP contribution < -0.4 is 10.6 Å². The highest BCUT2D eigenvalue weighted by Crippen LogP contribution is 2.48. The van der Waals surface area contributed by atoms with Crippen molar-refractivity contribution in [2.45, 2.75) is 24.7 Å². The SMILES string of the molecule is CN=C(NCCc1cnn(-c2ccccc2)c1)NCC1(c2ccccc2F)CC1.I. The minimum Gasteiger partial charge on any atom is -0.356 e. The molecule has 1 aliphatic rings. The maximum atomic E-state index is 14.2. The number of hydrogen-bond acceptors (Lipinski definition) is 2. The predicted octanol–water partition coefficient (Wildman–Crippen LogP) is 4.07. The number of guanidine groups is 1. The van der Waals surface area contributed by atoms with Gasteiger partial charge in [0.05, 0.1) is 11.9 Å². The molecule has 1 fully saturated rings. The molecule has 1 aromatic heterocycles. The fraction of sp³-hybridized carbons (Fsp3) is 0.304. The smallest absolute Gasteiger partial charge is 0.191 e. The molecule has 5 nitrogen and oxygen atoms in total. The van der Waals surface area contributed by atoms with E-state index in [9.17, 15) is 4.39 Å². The van der Waals surface area contributed by atoms with Crippen molar-refractivity contribution < 1.29 is 4.39 Å². The Bertz CT molecular complexity index is 982. The highest BCUT2D eigenvalue weighted by Gasteiger charge is 2.45. The van der Waals surface area contributed by atoms with E-state index in [1.165, 1.54) is 6.07 Å². The Morgan fingerprint density at radius 3 is 2.53 bits per heavy atom. The zero-order chi connectivity index (χ0) is 20.1. The van der Waals surface area contributed by atoms with Gasteiger partial charge < -0.3 is 10.6 Å². The first-order chi connectivity index (χ1) is 14.2. The first kappa shape index (κ1) is 22.3. The third kappa shape index (κ3) is 5.19. The molecule has 0 radical (unpaired) electrons. The van der Waals surface area contributed by atoms with Crippen LogP contribution in [0.2, 0.25) is 0 Å². The minimum absolute atomic E-state index is 0. The number of para-hydroxylation sites is 1. The molecule has 2 aromatic carbocycles. The van der Waals surface area contributed by atoms with E-state index >= 15 is 0 Å². The average molecular weight is 519 g/mol. The third-order valence-corrected chi connectivity index (χ3v) is 5.48. The number of rotatable bonds is 7. The van der Waals surface area contributed by atoms with E-state index < -0.39 is 0 Å². The van der Waals surface area contributed by atoms with Crippen molar-refractivity contribution in [1.29, 1.82) is 0 Å². The van der Waals surface area contributed by atoms with Crippen LogP contribution in [-0.2, 0) is 11.8 Å². The summed E-state index contributed by atoms with van der Waals surface area (Å²) in [5, 5.41) is 11.1. The molecule has 1 aliphatic carbocycles. The third-order valence-electron chi connectivity index (χ3n) is 5.48. The summed E-state index contributed by atoms with van der Waals surface area (Å²) in [7, 11) is 1.76. The van der Waals surface area contributed by atoms with Crippen molar-refractivity contribution >= 4 is 29.9 Å². The molecule has 30 heavy (non-hydrogen) atoms. The summed E-state index contributed by atoms with van der Waals surface area (Å²) in [6.45, 7) is 1.42. The van der Waals surface area contributed by atoms with Gasteiger partial charge in [0.2, 0.25) is 0 Å². The van der Waals surface area contributed by atoms with Crippen LogP contribution >= 0.6 is 24.0 Å². The summed E-state index contributed by atoms with van der Waals surface area (Å²) in [5.74, 6) is 0.619. The van der Waals surface area contributed by atoms with Gasteiger partial charge in [0.15, 0.2) is 5.96 Å². The lowest BCUT2D eigenvalue weighted by molar-refractivity contribution is 0.559. The molecule has 0 spiro atoms. The predicted molar refractivity (Wildman–Crippen MR) is 129 cm³/mol. The Kier molecular flexibility index (Phi) is 7.47. The van der Waals surface area contributed by atoms with Gasteiger partial charge in [-0.25, -0.2) is 9.07 Å². The number of hydrogen-bond donors (Lipinski definition) is 2. The molecule has 0 saturated heterocycles. The lowest BCUT2D eigenvalue weighted by Gasteiger charge is -2.19. The maximum absolute atomic E-state index is 14.2. The molecule has 0 aliphatic heterocycles. The van der Waals surface area contributed by atoms with Crippen LogP contribution in [0.1, 0.15) is 24.0 Å². The lowest BCUT2D eigenvalue weighted by atomic mass is 9.95. The Balaban J connectivity index is 0.00000256. The highest BCUT2D eigenvalue weighted by atomic mass is 127. The number of aliphatic imine (C=N–C) groups is 1. The molecule has 158 valence electrons. The fourth-order valence-electron chi connectivity index (χ4n) is 3.59. The van der Waals surface area contributed by atoms with Gasteiger partial charge in [-0.3, -0.25) is 4.99 Å².